The fraction of sp³-hybridized carbons (Fsp3) is 0.643. The molecule has 17 heteroatoms. The number of carbonyl (C=O) groups is 7. The number of carbonyl (C=O) groups excluding carboxylic acids is 5. The van der Waals surface area contributed by atoms with Crippen LogP contribution in [0.5, 0.6) is 0 Å². The van der Waals surface area contributed by atoms with Gasteiger partial charge < -0.3 is 47.5 Å². The van der Waals surface area contributed by atoms with Gasteiger partial charge in [-0.15, -0.1) is 0 Å². The number of nitrogens with two attached hydrogens (primary N) is 1. The van der Waals surface area contributed by atoms with Gasteiger partial charge in [-0.05, 0) is 38.0 Å². The van der Waals surface area contributed by atoms with E-state index < -0.39 is 84.6 Å². The van der Waals surface area contributed by atoms with Crippen LogP contribution >= 0.6 is 0 Å². The number of H-pyrrole nitrogens is 1. The smallest absolute Gasteiger partial charge is 0.322 e. The molecule has 0 saturated carbocycles. The Hall–Kier alpha value is -4.54. The van der Waals surface area contributed by atoms with Crippen molar-refractivity contribution in [1.82, 2.24) is 36.6 Å². The molecule has 0 aromatic carbocycles. The van der Waals surface area contributed by atoms with E-state index in [-0.39, 0.29) is 31.1 Å². The monoisotopic (exact) mass is 638 g/mol. The quantitative estimate of drug-likeness (QED) is 0.0784. The summed E-state index contributed by atoms with van der Waals surface area (Å²) in [5, 5.41) is 30.3. The lowest BCUT2D eigenvalue weighted by Gasteiger charge is -2.26. The zero-order chi connectivity index (χ0) is 34.3. The number of amides is 5. The minimum Gasteiger partial charge on any atom is -0.481 e. The van der Waals surface area contributed by atoms with Crippen molar-refractivity contribution in [2.24, 2.45) is 17.6 Å². The molecule has 252 valence electrons. The first kappa shape index (κ1) is 38.5. The molecule has 0 bridgehead atoms. The number of aromatic nitrogens is 2. The highest BCUT2D eigenvalue weighted by Gasteiger charge is 2.32. The van der Waals surface area contributed by atoms with Crippen molar-refractivity contribution >= 4 is 41.5 Å². The Morgan fingerprint density at radius 2 is 1.33 bits per heavy atom. The van der Waals surface area contributed by atoms with Crippen LogP contribution in [0.25, 0.3) is 0 Å². The second kappa shape index (κ2) is 19.0. The normalized spacial score (nSPS) is 14.4. The Morgan fingerprint density at radius 1 is 0.756 bits per heavy atom. The van der Waals surface area contributed by atoms with Gasteiger partial charge in [-0.1, -0.05) is 27.7 Å². The molecule has 0 aliphatic carbocycles. The van der Waals surface area contributed by atoms with Crippen molar-refractivity contribution in [3.63, 3.8) is 0 Å². The van der Waals surface area contributed by atoms with Gasteiger partial charge in [0, 0.05) is 24.7 Å². The number of rotatable bonds is 20. The first-order valence-corrected chi connectivity index (χ1v) is 14.7. The first-order valence-electron chi connectivity index (χ1n) is 14.7. The number of carboxylic acids is 2. The molecule has 17 nitrogen and oxygen atoms in total. The molecule has 1 aromatic heterocycles. The number of aromatic amines is 1. The molecule has 5 atom stereocenters. The number of imidazole rings is 1. The summed E-state index contributed by atoms with van der Waals surface area (Å²) in [6.45, 7) is 8.07. The van der Waals surface area contributed by atoms with Gasteiger partial charge in [-0.3, -0.25) is 33.6 Å². The fourth-order valence-electron chi connectivity index (χ4n) is 4.19. The van der Waals surface area contributed by atoms with E-state index >= 15 is 0 Å². The van der Waals surface area contributed by atoms with E-state index in [4.69, 9.17) is 10.8 Å². The Bertz CT molecular complexity index is 1170. The summed E-state index contributed by atoms with van der Waals surface area (Å²) >= 11 is 0. The van der Waals surface area contributed by atoms with Crippen LogP contribution < -0.4 is 32.3 Å². The van der Waals surface area contributed by atoms with E-state index in [1.165, 1.54) is 19.4 Å². The van der Waals surface area contributed by atoms with Crippen LogP contribution in [0.2, 0.25) is 0 Å². The maximum atomic E-state index is 13.5. The van der Waals surface area contributed by atoms with E-state index in [0.29, 0.717) is 12.1 Å². The molecule has 0 unspecified atom stereocenters. The van der Waals surface area contributed by atoms with Gasteiger partial charge in [0.05, 0.1) is 12.4 Å². The van der Waals surface area contributed by atoms with Crippen molar-refractivity contribution < 1.29 is 43.8 Å². The lowest BCUT2D eigenvalue weighted by atomic mass is 10.0. The van der Waals surface area contributed by atoms with Gasteiger partial charge in [-0.2, -0.15) is 0 Å². The molecular formula is C28H46N8O9. The summed E-state index contributed by atoms with van der Waals surface area (Å²) in [5.74, 6) is -6.27. The van der Waals surface area contributed by atoms with Crippen molar-refractivity contribution in [2.75, 3.05) is 6.54 Å². The third-order valence-electron chi connectivity index (χ3n) is 6.46. The van der Waals surface area contributed by atoms with Crippen LogP contribution in [0.1, 0.15) is 66.0 Å². The molecule has 0 spiro atoms. The number of carboxylic acid groups (broad SMARTS) is 2. The van der Waals surface area contributed by atoms with Crippen LogP contribution in [0.15, 0.2) is 12.5 Å². The standard InChI is InChI=1S/C28H46N8O9/c1-14(2)8-18(29)25(42)33-16(5)24(41)35-21(10-17-11-30-13-32-17)28(45)34-19(6-7-22(37)38)27(44)36-20(9-15(3)4)26(43)31-12-23(39)40/h11,13-16,18-21H,6-10,12,29H2,1-5H3,(H,30,32)(H,31,43)(H,33,42)(H,34,45)(H,35,41)(H,36,44)(H,37,38)(H,39,40)/t16-,18-,19-,20-,21-/m0/s1. The predicted molar refractivity (Wildman–Crippen MR) is 160 cm³/mol. The zero-order valence-electron chi connectivity index (χ0n) is 26.2. The SMILES string of the molecule is CC(C)C[C@H](NC(=O)[C@H](CCC(=O)O)NC(=O)[C@H](Cc1cnc[nH]1)NC(=O)[C@H](C)NC(=O)[C@@H](N)CC(C)C)C(=O)NCC(=O)O. The van der Waals surface area contributed by atoms with Crippen LogP contribution in [0.4, 0.5) is 0 Å². The van der Waals surface area contributed by atoms with E-state index in [0.717, 1.165) is 0 Å². The molecule has 1 heterocycles. The van der Waals surface area contributed by atoms with Crippen LogP contribution in [0.3, 0.4) is 0 Å². The molecule has 1 rings (SSSR count). The van der Waals surface area contributed by atoms with Crippen molar-refractivity contribution in [1.29, 1.82) is 0 Å². The number of hydrogen-bond donors (Lipinski definition) is 9. The predicted octanol–water partition coefficient (Wildman–Crippen LogP) is -1.60. The van der Waals surface area contributed by atoms with E-state index in [1.54, 1.807) is 13.8 Å². The minimum absolute atomic E-state index is 0.102. The molecule has 0 saturated heterocycles. The summed E-state index contributed by atoms with van der Waals surface area (Å²) in [5.41, 5.74) is 6.35. The summed E-state index contributed by atoms with van der Waals surface area (Å²) in [6.07, 6.45) is 2.32. The van der Waals surface area contributed by atoms with Crippen LogP contribution in [0, 0.1) is 11.8 Å². The topological polar surface area (TPSA) is 275 Å². The van der Waals surface area contributed by atoms with Crippen molar-refractivity contribution in [3.8, 4) is 0 Å². The molecule has 0 aliphatic heterocycles. The lowest BCUT2D eigenvalue weighted by molar-refractivity contribution is -0.139. The van der Waals surface area contributed by atoms with E-state index in [9.17, 15) is 38.7 Å². The highest BCUT2D eigenvalue weighted by molar-refractivity contribution is 5.96. The molecule has 0 fully saturated rings. The number of aliphatic carboxylic acids is 2. The highest BCUT2D eigenvalue weighted by atomic mass is 16.4. The molecule has 5 amide bonds. The summed E-state index contributed by atoms with van der Waals surface area (Å²) in [7, 11) is 0. The zero-order valence-corrected chi connectivity index (χ0v) is 26.2. The fourth-order valence-corrected chi connectivity index (χ4v) is 4.19. The minimum atomic E-state index is -1.44. The van der Waals surface area contributed by atoms with Crippen LogP contribution in [-0.2, 0) is 40.0 Å². The summed E-state index contributed by atoms with van der Waals surface area (Å²) in [4.78, 5) is 93.7. The average molecular weight is 639 g/mol. The number of nitrogens with one attached hydrogen (secondary N) is 6. The number of nitrogens with zero attached hydrogens (tertiary/aromatic N) is 1. The van der Waals surface area contributed by atoms with Gasteiger partial charge in [-0.25, -0.2) is 4.98 Å². The molecule has 45 heavy (non-hydrogen) atoms. The van der Waals surface area contributed by atoms with E-state index in [1.807, 2.05) is 13.8 Å². The Morgan fingerprint density at radius 3 is 1.87 bits per heavy atom. The van der Waals surface area contributed by atoms with Gasteiger partial charge in [0.25, 0.3) is 0 Å². The Kier molecular flexibility index (Phi) is 16.2. The maximum absolute atomic E-state index is 13.5. The average Bonchev–Trinajstić information content (AvgIpc) is 3.45. The van der Waals surface area contributed by atoms with Gasteiger partial charge in [0.2, 0.25) is 29.5 Å². The lowest BCUT2D eigenvalue weighted by Crippen LogP contribution is -2.59. The van der Waals surface area contributed by atoms with Crippen LogP contribution in [-0.4, -0.2) is 98.4 Å². The molecule has 1 aromatic rings. The summed E-state index contributed by atoms with van der Waals surface area (Å²) < 4.78 is 0. The Labute approximate surface area is 261 Å². The second-order valence-corrected chi connectivity index (χ2v) is 11.6. The van der Waals surface area contributed by atoms with Crippen molar-refractivity contribution in [3.05, 3.63) is 18.2 Å². The first-order chi connectivity index (χ1) is 21.0. The van der Waals surface area contributed by atoms with Gasteiger partial charge in [0.1, 0.15) is 30.7 Å². The molecule has 0 radical (unpaired) electrons. The summed E-state index contributed by atoms with van der Waals surface area (Å²) in [6, 6.07) is -5.84. The second-order valence-electron chi connectivity index (χ2n) is 11.6. The molecular weight excluding hydrogens is 592 g/mol. The van der Waals surface area contributed by atoms with Gasteiger partial charge >= 0.3 is 11.9 Å². The maximum Gasteiger partial charge on any atom is 0.322 e. The number of hydrogen-bond acceptors (Lipinski definition) is 9. The molecule has 0 aliphatic rings. The molecule has 10 N–H and O–H groups in total. The Balaban J connectivity index is 3.15. The third kappa shape index (κ3) is 15.1. The van der Waals surface area contributed by atoms with Crippen molar-refractivity contribution in [2.45, 2.75) is 96.9 Å². The van der Waals surface area contributed by atoms with E-state index in [2.05, 4.69) is 36.6 Å². The van der Waals surface area contributed by atoms with Gasteiger partial charge in [0.15, 0.2) is 0 Å². The third-order valence-corrected chi connectivity index (χ3v) is 6.46. The highest BCUT2D eigenvalue weighted by Crippen LogP contribution is 2.09. The largest absolute Gasteiger partial charge is 0.481 e.